The second-order valence-corrected chi connectivity index (χ2v) is 8.74. The lowest BCUT2D eigenvalue weighted by molar-refractivity contribution is -0.121. The van der Waals surface area contributed by atoms with Crippen LogP contribution in [-0.2, 0) is 22.6 Å². The summed E-state index contributed by atoms with van der Waals surface area (Å²) in [6.45, 7) is 0.189. The Balaban J connectivity index is 1.43. The van der Waals surface area contributed by atoms with E-state index in [9.17, 15) is 14.0 Å². The maximum Gasteiger partial charge on any atom is 0.254 e. The van der Waals surface area contributed by atoms with Crippen molar-refractivity contribution in [1.29, 1.82) is 0 Å². The third kappa shape index (κ3) is 7.49. The third-order valence-corrected chi connectivity index (χ3v) is 5.86. The van der Waals surface area contributed by atoms with E-state index in [2.05, 4.69) is 5.32 Å². The molecule has 1 N–H and O–H groups in total. The molecule has 0 fully saturated rings. The number of nitrogens with one attached hydrogen (secondary N) is 1. The molecule has 1 unspecified atom stereocenters. The van der Waals surface area contributed by atoms with Crippen molar-refractivity contribution in [1.82, 2.24) is 5.32 Å². The minimum Gasteiger partial charge on any atom is -0.457 e. The van der Waals surface area contributed by atoms with Crippen molar-refractivity contribution in [2.45, 2.75) is 19.1 Å². The number of carbonyl (C=O) groups is 2. The monoisotopic (exact) mass is 517 g/mol. The number of carbonyl (C=O) groups excluding carboxylic acids is 2. The minimum absolute atomic E-state index is 0.0449. The Morgan fingerprint density at radius 1 is 0.784 bits per heavy atom. The van der Waals surface area contributed by atoms with Gasteiger partial charge in [0.15, 0.2) is 11.6 Å². The molecule has 0 aliphatic heterocycles. The number of amides is 1. The fourth-order valence-electron chi connectivity index (χ4n) is 3.62. The predicted octanol–water partition coefficient (Wildman–Crippen LogP) is 6.40. The maximum absolute atomic E-state index is 14.4. The normalized spacial score (nSPS) is 11.5. The zero-order valence-corrected chi connectivity index (χ0v) is 20.7. The van der Waals surface area contributed by atoms with Gasteiger partial charge < -0.3 is 14.8 Å². The molecule has 1 amide bonds. The lowest BCUT2D eigenvalue weighted by atomic mass is 10.0. The van der Waals surface area contributed by atoms with Crippen molar-refractivity contribution in [2.75, 3.05) is 6.61 Å². The van der Waals surface area contributed by atoms with Gasteiger partial charge in [0.1, 0.15) is 17.5 Å². The smallest absolute Gasteiger partial charge is 0.254 e. The SMILES string of the molecule is O=C(NC(COCc1ccccc1)C(=O)Cc1ccc(Oc2ccccc2)cc1)c1cccc(Cl)c1F. The Kier molecular flexibility index (Phi) is 9.03. The van der Waals surface area contributed by atoms with Crippen LogP contribution < -0.4 is 10.1 Å². The summed E-state index contributed by atoms with van der Waals surface area (Å²) in [5.41, 5.74) is 1.42. The van der Waals surface area contributed by atoms with Crippen molar-refractivity contribution >= 4 is 23.3 Å². The molecular weight excluding hydrogens is 493 g/mol. The zero-order chi connectivity index (χ0) is 26.0. The Hall–Kier alpha value is -4.00. The molecule has 0 radical (unpaired) electrons. The summed E-state index contributed by atoms with van der Waals surface area (Å²) in [7, 11) is 0. The van der Waals surface area contributed by atoms with Gasteiger partial charge in [0.05, 0.1) is 23.8 Å². The summed E-state index contributed by atoms with van der Waals surface area (Å²) in [4.78, 5) is 26.0. The second-order valence-electron chi connectivity index (χ2n) is 8.33. The molecule has 0 aliphatic carbocycles. The van der Waals surface area contributed by atoms with E-state index in [0.717, 1.165) is 11.1 Å². The molecule has 0 bridgehead atoms. The molecule has 37 heavy (non-hydrogen) atoms. The number of halogens is 2. The molecule has 0 saturated heterocycles. The average molecular weight is 518 g/mol. The molecule has 0 aliphatic rings. The number of ketones is 1. The number of hydrogen-bond donors (Lipinski definition) is 1. The van der Waals surface area contributed by atoms with Crippen LogP contribution in [0.15, 0.2) is 103 Å². The number of para-hydroxylation sites is 1. The van der Waals surface area contributed by atoms with Crippen LogP contribution in [0.5, 0.6) is 11.5 Å². The summed E-state index contributed by atoms with van der Waals surface area (Å²) in [5, 5.41) is 2.44. The molecule has 5 nitrogen and oxygen atoms in total. The van der Waals surface area contributed by atoms with E-state index >= 15 is 0 Å². The Morgan fingerprint density at radius 3 is 2.14 bits per heavy atom. The Labute approximate surface area is 219 Å². The van der Waals surface area contributed by atoms with Gasteiger partial charge in [-0.15, -0.1) is 0 Å². The van der Waals surface area contributed by atoms with Crippen molar-refractivity contribution in [3.63, 3.8) is 0 Å². The quantitative estimate of drug-likeness (QED) is 0.250. The standard InChI is InChI=1S/C30H25ClFNO4/c31-26-13-7-12-25(29(26)32)30(35)33-27(20-36-19-22-8-3-1-4-9-22)28(34)18-21-14-16-24(17-15-21)37-23-10-5-2-6-11-23/h1-17,27H,18-20H2,(H,33,35). The minimum atomic E-state index is -0.991. The summed E-state index contributed by atoms with van der Waals surface area (Å²) in [6.07, 6.45) is 0.0449. The second kappa shape index (κ2) is 12.8. The van der Waals surface area contributed by atoms with E-state index in [4.69, 9.17) is 21.1 Å². The highest BCUT2D eigenvalue weighted by atomic mass is 35.5. The largest absolute Gasteiger partial charge is 0.457 e. The van der Waals surface area contributed by atoms with Crippen molar-refractivity contribution in [3.8, 4) is 11.5 Å². The first-order valence-electron chi connectivity index (χ1n) is 11.7. The van der Waals surface area contributed by atoms with Gasteiger partial charge >= 0.3 is 0 Å². The Morgan fingerprint density at radius 2 is 1.43 bits per heavy atom. The van der Waals surface area contributed by atoms with Crippen LogP contribution in [0.2, 0.25) is 5.02 Å². The van der Waals surface area contributed by atoms with Gasteiger partial charge in [0.2, 0.25) is 0 Å². The number of rotatable bonds is 11. The molecule has 4 aromatic rings. The van der Waals surface area contributed by atoms with E-state index in [0.29, 0.717) is 11.5 Å². The van der Waals surface area contributed by atoms with Crippen molar-refractivity contribution < 1.29 is 23.5 Å². The topological polar surface area (TPSA) is 64.6 Å². The van der Waals surface area contributed by atoms with E-state index in [-0.39, 0.29) is 36.0 Å². The molecule has 4 rings (SSSR count). The number of ether oxygens (including phenoxy) is 2. The first-order valence-corrected chi connectivity index (χ1v) is 12.1. The molecule has 0 heterocycles. The molecule has 0 saturated carbocycles. The molecule has 0 spiro atoms. The predicted molar refractivity (Wildman–Crippen MR) is 140 cm³/mol. The highest BCUT2D eigenvalue weighted by Gasteiger charge is 2.24. The summed E-state index contributed by atoms with van der Waals surface area (Å²) in [6, 6.07) is 29.1. The van der Waals surface area contributed by atoms with Gasteiger partial charge in [-0.2, -0.15) is 0 Å². The van der Waals surface area contributed by atoms with E-state index < -0.39 is 17.8 Å². The van der Waals surface area contributed by atoms with Gasteiger partial charge in [-0.1, -0.05) is 78.3 Å². The molecule has 188 valence electrons. The molecular formula is C30H25ClFNO4. The molecule has 1 atom stereocenters. The molecule has 7 heteroatoms. The lowest BCUT2D eigenvalue weighted by Crippen LogP contribution is -2.45. The van der Waals surface area contributed by atoms with Gasteiger partial charge in [0.25, 0.3) is 5.91 Å². The zero-order valence-electron chi connectivity index (χ0n) is 19.9. The van der Waals surface area contributed by atoms with Crippen LogP contribution in [0, 0.1) is 5.82 Å². The first-order chi connectivity index (χ1) is 18.0. The number of Topliss-reactive ketones (excluding diaryl/α,β-unsaturated/α-hetero) is 1. The Bertz CT molecular complexity index is 1330. The highest BCUT2D eigenvalue weighted by molar-refractivity contribution is 6.31. The van der Waals surface area contributed by atoms with E-state index in [1.807, 2.05) is 60.7 Å². The molecule has 4 aromatic carbocycles. The van der Waals surface area contributed by atoms with Gasteiger partial charge in [-0.3, -0.25) is 9.59 Å². The van der Waals surface area contributed by atoms with Gasteiger partial charge in [-0.25, -0.2) is 4.39 Å². The van der Waals surface area contributed by atoms with Crippen LogP contribution in [0.3, 0.4) is 0 Å². The summed E-state index contributed by atoms with van der Waals surface area (Å²) >= 11 is 5.82. The van der Waals surface area contributed by atoms with Crippen LogP contribution in [-0.4, -0.2) is 24.3 Å². The van der Waals surface area contributed by atoms with E-state index in [1.165, 1.54) is 18.2 Å². The third-order valence-electron chi connectivity index (χ3n) is 5.57. The fourth-order valence-corrected chi connectivity index (χ4v) is 3.80. The molecule has 0 aromatic heterocycles. The lowest BCUT2D eigenvalue weighted by Gasteiger charge is -2.19. The van der Waals surface area contributed by atoms with Crippen LogP contribution in [0.25, 0.3) is 0 Å². The van der Waals surface area contributed by atoms with E-state index in [1.54, 1.807) is 24.3 Å². The first kappa shape index (κ1) is 26.1. The van der Waals surface area contributed by atoms with Crippen LogP contribution in [0.1, 0.15) is 21.5 Å². The van der Waals surface area contributed by atoms with Gasteiger partial charge in [0, 0.05) is 6.42 Å². The van der Waals surface area contributed by atoms with Crippen LogP contribution in [0.4, 0.5) is 4.39 Å². The highest BCUT2D eigenvalue weighted by Crippen LogP contribution is 2.22. The van der Waals surface area contributed by atoms with Crippen molar-refractivity contribution in [2.24, 2.45) is 0 Å². The number of benzene rings is 4. The fraction of sp³-hybridized carbons (Fsp3) is 0.133. The maximum atomic E-state index is 14.4. The van der Waals surface area contributed by atoms with Crippen LogP contribution >= 0.6 is 11.6 Å². The van der Waals surface area contributed by atoms with Gasteiger partial charge in [-0.05, 0) is 47.5 Å². The average Bonchev–Trinajstić information content (AvgIpc) is 2.92. The summed E-state index contributed by atoms with van der Waals surface area (Å²) in [5.74, 6) is -0.520. The number of hydrogen-bond acceptors (Lipinski definition) is 4. The summed E-state index contributed by atoms with van der Waals surface area (Å²) < 4.78 is 25.9. The van der Waals surface area contributed by atoms with Crippen molar-refractivity contribution in [3.05, 3.63) is 131 Å².